The average Bonchev–Trinajstić information content (AvgIpc) is 2.69. The minimum Gasteiger partial charge on any atom is -0.334 e. The summed E-state index contributed by atoms with van der Waals surface area (Å²) in [4.78, 5) is 28.9. The lowest BCUT2D eigenvalue weighted by Crippen LogP contribution is -2.47. The Morgan fingerprint density at radius 2 is 1.89 bits per heavy atom. The van der Waals surface area contributed by atoms with Crippen molar-refractivity contribution in [2.45, 2.75) is 32.7 Å². The molecule has 5 nitrogen and oxygen atoms in total. The molecule has 0 saturated carbocycles. The zero-order valence-electron chi connectivity index (χ0n) is 16.3. The van der Waals surface area contributed by atoms with Crippen molar-refractivity contribution in [2.24, 2.45) is 0 Å². The molecule has 1 unspecified atom stereocenters. The van der Waals surface area contributed by atoms with E-state index < -0.39 is 11.8 Å². The van der Waals surface area contributed by atoms with Crippen LogP contribution in [-0.4, -0.2) is 41.4 Å². The number of nitrogens with one attached hydrogen (secondary N) is 1. The van der Waals surface area contributed by atoms with Crippen LogP contribution in [-0.2, 0) is 11.2 Å². The third kappa shape index (κ3) is 4.32. The number of fused-ring (bicyclic) bond motifs is 1. The summed E-state index contributed by atoms with van der Waals surface area (Å²) in [6, 6.07) is 13.6. The van der Waals surface area contributed by atoms with Crippen LogP contribution in [0.15, 0.2) is 48.5 Å². The highest BCUT2D eigenvalue weighted by Gasteiger charge is 2.29. The van der Waals surface area contributed by atoms with Crippen LogP contribution in [0, 0.1) is 5.82 Å². The van der Waals surface area contributed by atoms with Gasteiger partial charge in [-0.1, -0.05) is 43.3 Å². The van der Waals surface area contributed by atoms with Crippen molar-refractivity contribution in [3.05, 3.63) is 65.5 Å². The monoisotopic (exact) mass is 383 g/mol. The van der Waals surface area contributed by atoms with Crippen LogP contribution in [0.25, 0.3) is 0 Å². The summed E-state index contributed by atoms with van der Waals surface area (Å²) in [5.41, 5.74) is 2.53. The molecule has 0 fully saturated rings. The quantitative estimate of drug-likeness (QED) is 0.841. The number of para-hydroxylation sites is 1. The highest BCUT2D eigenvalue weighted by atomic mass is 19.1. The third-order valence-corrected chi connectivity index (χ3v) is 5.14. The van der Waals surface area contributed by atoms with Gasteiger partial charge in [-0.2, -0.15) is 0 Å². The van der Waals surface area contributed by atoms with Gasteiger partial charge in [0.2, 0.25) is 5.91 Å². The van der Waals surface area contributed by atoms with Gasteiger partial charge in [-0.05, 0) is 43.0 Å². The second-order valence-electron chi connectivity index (χ2n) is 7.04. The fraction of sp³-hybridized carbons (Fsp3) is 0.364. The van der Waals surface area contributed by atoms with Crippen molar-refractivity contribution in [3.8, 4) is 0 Å². The predicted octanol–water partition coefficient (Wildman–Crippen LogP) is 4.22. The number of anilines is 1. The van der Waals surface area contributed by atoms with Crippen LogP contribution in [0.5, 0.6) is 0 Å². The zero-order valence-corrected chi connectivity index (χ0v) is 16.3. The van der Waals surface area contributed by atoms with Gasteiger partial charge in [-0.3, -0.25) is 4.79 Å². The maximum Gasteiger partial charge on any atom is 0.322 e. The Labute approximate surface area is 165 Å². The molecule has 3 amide bonds. The Bertz CT molecular complexity index is 855. The predicted molar refractivity (Wildman–Crippen MR) is 108 cm³/mol. The minimum absolute atomic E-state index is 0.0271. The Balaban J connectivity index is 1.69. The molecule has 148 valence electrons. The topological polar surface area (TPSA) is 52.7 Å². The summed E-state index contributed by atoms with van der Waals surface area (Å²) in [5, 5.41) is 2.57. The number of benzene rings is 2. The van der Waals surface area contributed by atoms with Crippen molar-refractivity contribution in [2.75, 3.05) is 25.0 Å². The van der Waals surface area contributed by atoms with E-state index >= 15 is 0 Å². The van der Waals surface area contributed by atoms with Crippen LogP contribution in [0.1, 0.15) is 37.4 Å². The van der Waals surface area contributed by atoms with E-state index in [1.54, 1.807) is 12.1 Å². The van der Waals surface area contributed by atoms with E-state index in [0.717, 1.165) is 12.0 Å². The van der Waals surface area contributed by atoms with E-state index in [0.29, 0.717) is 19.5 Å². The maximum atomic E-state index is 13.8. The first-order chi connectivity index (χ1) is 13.5. The largest absolute Gasteiger partial charge is 0.334 e. The number of urea groups is 1. The number of hydrogen-bond acceptors (Lipinski definition) is 2. The van der Waals surface area contributed by atoms with Crippen LogP contribution in [0.4, 0.5) is 14.9 Å². The summed E-state index contributed by atoms with van der Waals surface area (Å²) in [6.45, 7) is 4.98. The van der Waals surface area contributed by atoms with Crippen LogP contribution >= 0.6 is 0 Å². The number of carbonyl (C=O) groups excluding carboxylic acids is 2. The molecule has 0 radical (unpaired) electrons. The van der Waals surface area contributed by atoms with Gasteiger partial charge >= 0.3 is 6.03 Å². The van der Waals surface area contributed by atoms with Crippen LogP contribution < -0.4 is 5.32 Å². The molecule has 1 heterocycles. The normalized spacial score (nSPS) is 15.7. The van der Waals surface area contributed by atoms with Crippen molar-refractivity contribution in [1.29, 1.82) is 0 Å². The molecule has 28 heavy (non-hydrogen) atoms. The molecule has 1 N–H and O–H groups in total. The summed E-state index contributed by atoms with van der Waals surface area (Å²) < 4.78 is 13.8. The highest BCUT2D eigenvalue weighted by Crippen LogP contribution is 2.29. The SMILES string of the molecule is CCCN(CC(=O)N1CCc2ccccc2C1C)C(=O)Nc1ccccc1F. The lowest BCUT2D eigenvalue weighted by molar-refractivity contribution is -0.134. The number of carbonyl (C=O) groups is 2. The van der Waals surface area contributed by atoms with E-state index in [4.69, 9.17) is 0 Å². The third-order valence-electron chi connectivity index (χ3n) is 5.14. The Morgan fingerprint density at radius 3 is 2.64 bits per heavy atom. The molecule has 3 rings (SSSR count). The Kier molecular flexibility index (Phi) is 6.29. The molecule has 0 saturated heterocycles. The zero-order chi connectivity index (χ0) is 20.1. The average molecular weight is 383 g/mol. The molecule has 0 aromatic heterocycles. The van der Waals surface area contributed by atoms with Crippen molar-refractivity contribution < 1.29 is 14.0 Å². The first-order valence-corrected chi connectivity index (χ1v) is 9.69. The lowest BCUT2D eigenvalue weighted by Gasteiger charge is -2.36. The smallest absolute Gasteiger partial charge is 0.322 e. The van der Waals surface area contributed by atoms with E-state index in [-0.39, 0.29) is 24.2 Å². The highest BCUT2D eigenvalue weighted by molar-refractivity contribution is 5.92. The first-order valence-electron chi connectivity index (χ1n) is 9.69. The molecule has 0 bridgehead atoms. The molecular formula is C22H26FN3O2. The van der Waals surface area contributed by atoms with Gasteiger partial charge in [0.1, 0.15) is 12.4 Å². The van der Waals surface area contributed by atoms with Gasteiger partial charge < -0.3 is 15.1 Å². The second kappa shape index (κ2) is 8.87. The molecular weight excluding hydrogens is 357 g/mol. The number of nitrogens with zero attached hydrogens (tertiary/aromatic N) is 2. The van der Waals surface area contributed by atoms with Gasteiger partial charge in [0, 0.05) is 13.1 Å². The number of amides is 3. The second-order valence-corrected chi connectivity index (χ2v) is 7.04. The fourth-order valence-corrected chi connectivity index (χ4v) is 3.65. The Hall–Kier alpha value is -2.89. The molecule has 6 heteroatoms. The molecule has 0 spiro atoms. The van der Waals surface area contributed by atoms with Gasteiger partial charge in [-0.25, -0.2) is 9.18 Å². The van der Waals surface area contributed by atoms with Gasteiger partial charge in [0.25, 0.3) is 0 Å². The standard InChI is InChI=1S/C22H26FN3O2/c1-3-13-25(22(28)24-20-11-7-6-10-19(20)23)15-21(27)26-14-12-17-8-4-5-9-18(17)16(26)2/h4-11,16H,3,12-15H2,1-2H3,(H,24,28). The fourth-order valence-electron chi connectivity index (χ4n) is 3.65. The molecule has 2 aromatic carbocycles. The minimum atomic E-state index is -0.500. The molecule has 0 aliphatic carbocycles. The van der Waals surface area contributed by atoms with Crippen molar-refractivity contribution in [3.63, 3.8) is 0 Å². The summed E-state index contributed by atoms with van der Waals surface area (Å²) in [5.74, 6) is -0.598. The van der Waals surface area contributed by atoms with Gasteiger partial charge in [0.05, 0.1) is 11.7 Å². The molecule has 2 aromatic rings. The maximum absolute atomic E-state index is 13.8. The van der Waals surface area contributed by atoms with E-state index in [2.05, 4.69) is 11.4 Å². The lowest BCUT2D eigenvalue weighted by atomic mass is 9.93. The summed E-state index contributed by atoms with van der Waals surface area (Å²) in [6.07, 6.45) is 1.51. The van der Waals surface area contributed by atoms with E-state index in [1.165, 1.54) is 22.6 Å². The Morgan fingerprint density at radius 1 is 1.18 bits per heavy atom. The van der Waals surface area contributed by atoms with Gasteiger partial charge in [0.15, 0.2) is 0 Å². The molecule has 1 atom stereocenters. The molecule has 1 aliphatic heterocycles. The first kappa shape index (κ1) is 19.9. The summed E-state index contributed by atoms with van der Waals surface area (Å²) in [7, 11) is 0. The van der Waals surface area contributed by atoms with Crippen LogP contribution in [0.2, 0.25) is 0 Å². The van der Waals surface area contributed by atoms with Crippen molar-refractivity contribution in [1.82, 2.24) is 9.80 Å². The number of rotatable bonds is 5. The molecule has 1 aliphatic rings. The van der Waals surface area contributed by atoms with E-state index in [1.807, 2.05) is 36.9 Å². The number of halogens is 1. The van der Waals surface area contributed by atoms with Crippen LogP contribution in [0.3, 0.4) is 0 Å². The van der Waals surface area contributed by atoms with E-state index in [9.17, 15) is 14.0 Å². The summed E-state index contributed by atoms with van der Waals surface area (Å²) >= 11 is 0. The van der Waals surface area contributed by atoms with Crippen molar-refractivity contribution >= 4 is 17.6 Å². The number of hydrogen-bond donors (Lipinski definition) is 1. The van der Waals surface area contributed by atoms with Gasteiger partial charge in [-0.15, -0.1) is 0 Å².